The molecule has 1 aromatic heterocycles. The second-order valence-corrected chi connectivity index (χ2v) is 8.08. The number of halogens is 2. The number of amides is 1. The average Bonchev–Trinajstić information content (AvgIpc) is 3.00. The molecule has 0 radical (unpaired) electrons. The van der Waals surface area contributed by atoms with Gasteiger partial charge in [-0.15, -0.1) is 0 Å². The lowest BCUT2D eigenvalue weighted by molar-refractivity contribution is 0.0651. The van der Waals surface area contributed by atoms with Crippen LogP contribution in [0.3, 0.4) is 0 Å². The number of aryl methyl sites for hydroxylation is 1. The van der Waals surface area contributed by atoms with Gasteiger partial charge < -0.3 is 10.1 Å². The van der Waals surface area contributed by atoms with Crippen LogP contribution >= 0.6 is 23.2 Å². The van der Waals surface area contributed by atoms with Crippen LogP contribution in [-0.4, -0.2) is 21.8 Å². The van der Waals surface area contributed by atoms with Crippen LogP contribution in [0.5, 0.6) is 0 Å². The van der Waals surface area contributed by atoms with E-state index in [9.17, 15) is 4.79 Å². The highest BCUT2D eigenvalue weighted by Crippen LogP contribution is 2.23. The number of aromatic nitrogens is 2. The van der Waals surface area contributed by atoms with Crippen LogP contribution < -0.4 is 5.32 Å². The number of carbonyl (C=O) groups is 1. The molecule has 7 heteroatoms. The first-order chi connectivity index (χ1) is 14.4. The highest BCUT2D eigenvalue weighted by Gasteiger charge is 2.21. The Morgan fingerprint density at radius 2 is 1.70 bits per heavy atom. The number of hydrogen-bond donors (Lipinski definition) is 1. The maximum atomic E-state index is 12.9. The summed E-state index contributed by atoms with van der Waals surface area (Å²) in [6.07, 6.45) is 0.137. The zero-order valence-corrected chi connectivity index (χ0v) is 18.8. The Kier molecular flexibility index (Phi) is 7.53. The van der Waals surface area contributed by atoms with Crippen molar-refractivity contribution in [1.82, 2.24) is 15.1 Å². The van der Waals surface area contributed by atoms with Crippen LogP contribution in [0.15, 0.2) is 48.5 Å². The van der Waals surface area contributed by atoms with E-state index in [1.807, 2.05) is 62.4 Å². The molecule has 0 fully saturated rings. The number of ether oxygens (including phenoxy) is 1. The van der Waals surface area contributed by atoms with Crippen LogP contribution in [0.25, 0.3) is 0 Å². The molecule has 5 nitrogen and oxygen atoms in total. The molecule has 3 rings (SSSR count). The Hall–Kier alpha value is -2.34. The zero-order valence-electron chi connectivity index (χ0n) is 17.3. The number of nitrogens with zero attached hydrogens (tertiary/aromatic N) is 2. The predicted molar refractivity (Wildman–Crippen MR) is 120 cm³/mol. The lowest BCUT2D eigenvalue weighted by Crippen LogP contribution is -2.24. The van der Waals surface area contributed by atoms with Crippen LogP contribution in [0, 0.1) is 6.92 Å². The summed E-state index contributed by atoms with van der Waals surface area (Å²) in [5.74, 6) is -0.262. The predicted octanol–water partition coefficient (Wildman–Crippen LogP) is 5.40. The fourth-order valence-electron chi connectivity index (χ4n) is 3.10. The molecule has 0 bridgehead atoms. The normalized spacial score (nSPS) is 11.1. The Labute approximate surface area is 187 Å². The molecule has 0 unspecified atom stereocenters. The van der Waals surface area contributed by atoms with Crippen molar-refractivity contribution in [2.75, 3.05) is 0 Å². The molecule has 0 aliphatic carbocycles. The molecule has 3 aromatic rings. The summed E-state index contributed by atoms with van der Waals surface area (Å²) in [4.78, 5) is 12.9. The van der Waals surface area contributed by atoms with Gasteiger partial charge in [0.15, 0.2) is 0 Å². The first-order valence-electron chi connectivity index (χ1n) is 9.79. The van der Waals surface area contributed by atoms with Gasteiger partial charge in [-0.2, -0.15) is 5.10 Å². The summed E-state index contributed by atoms with van der Waals surface area (Å²) in [6.45, 7) is 7.03. The van der Waals surface area contributed by atoms with Crippen LogP contribution in [0.4, 0.5) is 0 Å². The second kappa shape index (κ2) is 10.1. The molecule has 1 heterocycles. The summed E-state index contributed by atoms with van der Waals surface area (Å²) in [6, 6.07) is 15.4. The van der Waals surface area contributed by atoms with Gasteiger partial charge >= 0.3 is 0 Å². The van der Waals surface area contributed by atoms with Gasteiger partial charge in [0.2, 0.25) is 0 Å². The van der Waals surface area contributed by atoms with E-state index in [2.05, 4.69) is 10.4 Å². The maximum Gasteiger partial charge on any atom is 0.256 e. The minimum absolute atomic E-state index is 0.137. The molecule has 1 amide bonds. The molecule has 0 saturated carbocycles. The number of benzene rings is 2. The smallest absolute Gasteiger partial charge is 0.256 e. The molecule has 0 aliphatic rings. The minimum atomic E-state index is -0.262. The number of hydrogen-bond acceptors (Lipinski definition) is 3. The summed E-state index contributed by atoms with van der Waals surface area (Å²) in [5.41, 5.74) is 3.88. The molecule has 0 spiro atoms. The third-order valence-corrected chi connectivity index (χ3v) is 5.45. The van der Waals surface area contributed by atoms with E-state index in [0.717, 1.165) is 16.7 Å². The first kappa shape index (κ1) is 22.3. The van der Waals surface area contributed by atoms with Crippen LogP contribution in [-0.2, 0) is 24.4 Å². The highest BCUT2D eigenvalue weighted by atomic mass is 35.5. The van der Waals surface area contributed by atoms with E-state index in [1.54, 1.807) is 11.6 Å². The largest absolute Gasteiger partial charge is 0.374 e. The Bertz CT molecular complexity index is 1030. The van der Waals surface area contributed by atoms with Gasteiger partial charge in [-0.05, 0) is 43.5 Å². The molecular formula is C23H25Cl2N3O2. The van der Waals surface area contributed by atoms with E-state index in [0.29, 0.717) is 41.1 Å². The van der Waals surface area contributed by atoms with E-state index >= 15 is 0 Å². The van der Waals surface area contributed by atoms with Crippen molar-refractivity contribution in [3.63, 3.8) is 0 Å². The van der Waals surface area contributed by atoms with Crippen molar-refractivity contribution in [1.29, 1.82) is 0 Å². The average molecular weight is 446 g/mol. The van der Waals surface area contributed by atoms with Crippen LogP contribution in [0.2, 0.25) is 10.2 Å². The molecular weight excluding hydrogens is 421 g/mol. The van der Waals surface area contributed by atoms with E-state index in [-0.39, 0.29) is 12.0 Å². The van der Waals surface area contributed by atoms with E-state index < -0.39 is 0 Å². The van der Waals surface area contributed by atoms with E-state index in [1.165, 1.54) is 0 Å². The zero-order chi connectivity index (χ0) is 21.7. The van der Waals surface area contributed by atoms with Crippen molar-refractivity contribution in [3.05, 3.63) is 86.7 Å². The molecule has 0 atom stereocenters. The SMILES string of the molecule is Cc1nn(Cc2ccccc2Cl)c(Cl)c1C(=O)NCc1ccccc1COC(C)C. The van der Waals surface area contributed by atoms with Gasteiger partial charge in [-0.3, -0.25) is 4.79 Å². The third-order valence-electron chi connectivity index (χ3n) is 4.70. The molecule has 1 N–H and O–H groups in total. The monoisotopic (exact) mass is 445 g/mol. The summed E-state index contributed by atoms with van der Waals surface area (Å²) < 4.78 is 7.30. The van der Waals surface area contributed by atoms with Crippen molar-refractivity contribution in [2.24, 2.45) is 0 Å². The van der Waals surface area contributed by atoms with Crippen molar-refractivity contribution in [2.45, 2.75) is 46.6 Å². The Morgan fingerprint density at radius 1 is 1.07 bits per heavy atom. The van der Waals surface area contributed by atoms with Gasteiger partial charge in [0.25, 0.3) is 5.91 Å². The van der Waals surface area contributed by atoms with Gasteiger partial charge in [0.1, 0.15) is 5.15 Å². The Balaban J connectivity index is 1.73. The highest BCUT2D eigenvalue weighted by molar-refractivity contribution is 6.33. The number of nitrogens with one attached hydrogen (secondary N) is 1. The topological polar surface area (TPSA) is 56.2 Å². The fraction of sp³-hybridized carbons (Fsp3) is 0.304. The van der Waals surface area contributed by atoms with Crippen molar-refractivity contribution in [3.8, 4) is 0 Å². The lowest BCUT2D eigenvalue weighted by atomic mass is 10.1. The van der Waals surface area contributed by atoms with Gasteiger partial charge in [-0.25, -0.2) is 4.68 Å². The van der Waals surface area contributed by atoms with Gasteiger partial charge in [-0.1, -0.05) is 65.7 Å². The molecule has 2 aromatic carbocycles. The first-order valence-corrected chi connectivity index (χ1v) is 10.5. The summed E-state index contributed by atoms with van der Waals surface area (Å²) >= 11 is 12.7. The lowest BCUT2D eigenvalue weighted by Gasteiger charge is -2.13. The Morgan fingerprint density at radius 3 is 2.37 bits per heavy atom. The fourth-order valence-corrected chi connectivity index (χ4v) is 3.61. The second-order valence-electron chi connectivity index (χ2n) is 7.31. The minimum Gasteiger partial charge on any atom is -0.374 e. The summed E-state index contributed by atoms with van der Waals surface area (Å²) in [7, 11) is 0. The molecule has 30 heavy (non-hydrogen) atoms. The van der Waals surface area contributed by atoms with Gasteiger partial charge in [0, 0.05) is 11.6 Å². The van der Waals surface area contributed by atoms with Crippen molar-refractivity contribution >= 4 is 29.1 Å². The van der Waals surface area contributed by atoms with E-state index in [4.69, 9.17) is 27.9 Å². The molecule has 158 valence electrons. The quantitative estimate of drug-likeness (QED) is 0.504. The molecule has 0 saturated heterocycles. The molecule has 0 aliphatic heterocycles. The summed E-state index contributed by atoms with van der Waals surface area (Å²) in [5, 5.41) is 8.31. The maximum absolute atomic E-state index is 12.9. The van der Waals surface area contributed by atoms with Gasteiger partial charge in [0.05, 0.1) is 30.5 Å². The third kappa shape index (κ3) is 5.42. The van der Waals surface area contributed by atoms with Crippen molar-refractivity contribution < 1.29 is 9.53 Å². The number of carbonyl (C=O) groups excluding carboxylic acids is 1. The van der Waals surface area contributed by atoms with Crippen LogP contribution in [0.1, 0.15) is 46.6 Å². The number of rotatable bonds is 8. The standard InChI is InChI=1S/C23H25Cl2N3O2/c1-15(2)30-14-19-10-5-4-8-17(19)12-26-23(29)21-16(3)27-28(22(21)25)13-18-9-6-7-11-20(18)24/h4-11,15H,12-14H2,1-3H3,(H,26,29).